The fourth-order valence-corrected chi connectivity index (χ4v) is 2.88. The Morgan fingerprint density at radius 1 is 1.31 bits per heavy atom. The third kappa shape index (κ3) is 3.62. The summed E-state index contributed by atoms with van der Waals surface area (Å²) in [6, 6.07) is 8.60. The molecule has 0 radical (unpaired) electrons. The Balaban J connectivity index is 2.02. The second-order valence-corrected chi connectivity index (χ2v) is 6.45. The van der Waals surface area contributed by atoms with E-state index in [1.54, 1.807) is 23.6 Å². The summed E-state index contributed by atoms with van der Waals surface area (Å²) in [4.78, 5) is 29.0. The average molecular weight is 374 g/mol. The molecule has 0 spiro atoms. The zero-order chi connectivity index (χ0) is 18.7. The largest absolute Gasteiger partial charge is 0.355 e. The molecule has 3 rings (SSSR count). The first-order valence-electron chi connectivity index (χ1n) is 8.50. The van der Waals surface area contributed by atoms with Gasteiger partial charge in [-0.2, -0.15) is 9.50 Å². The van der Waals surface area contributed by atoms with Crippen LogP contribution in [0.5, 0.6) is 0 Å². The first kappa shape index (κ1) is 18.1. The third-order valence-corrected chi connectivity index (χ3v) is 4.40. The summed E-state index contributed by atoms with van der Waals surface area (Å²) in [5, 5.41) is 7.65. The van der Waals surface area contributed by atoms with Gasteiger partial charge in [0.1, 0.15) is 6.54 Å². The molecule has 0 fully saturated rings. The third-order valence-electron chi connectivity index (χ3n) is 4.07. The zero-order valence-electron chi connectivity index (χ0n) is 14.7. The molecule has 1 amide bonds. The summed E-state index contributed by atoms with van der Waals surface area (Å²) >= 11 is 6.21. The molecule has 0 aliphatic carbocycles. The van der Waals surface area contributed by atoms with Gasteiger partial charge in [0.2, 0.25) is 11.7 Å². The van der Waals surface area contributed by atoms with Crippen molar-refractivity contribution < 1.29 is 4.79 Å². The van der Waals surface area contributed by atoms with E-state index < -0.39 is 0 Å². The molecule has 1 N–H and O–H groups in total. The van der Waals surface area contributed by atoms with Gasteiger partial charge in [0, 0.05) is 23.9 Å². The second kappa shape index (κ2) is 7.70. The Morgan fingerprint density at radius 2 is 2.08 bits per heavy atom. The minimum atomic E-state index is -0.300. The summed E-state index contributed by atoms with van der Waals surface area (Å²) in [5.41, 5.74) is 0.978. The fraction of sp³-hybridized carbons (Fsp3) is 0.333. The van der Waals surface area contributed by atoms with Crippen molar-refractivity contribution in [1.82, 2.24) is 24.5 Å². The molecule has 3 aromatic rings. The van der Waals surface area contributed by atoms with Crippen molar-refractivity contribution >= 4 is 23.3 Å². The van der Waals surface area contributed by atoms with E-state index in [1.807, 2.05) is 12.1 Å². The van der Waals surface area contributed by atoms with Crippen LogP contribution in [0.2, 0.25) is 5.02 Å². The number of nitrogens with one attached hydrogen (secondary N) is 1. The first-order valence-corrected chi connectivity index (χ1v) is 8.88. The molecule has 7 nitrogen and oxygen atoms in total. The fourth-order valence-electron chi connectivity index (χ4n) is 2.66. The maximum absolute atomic E-state index is 12.3. The molecule has 0 aliphatic rings. The normalized spacial score (nSPS) is 11.0. The van der Waals surface area contributed by atoms with E-state index in [2.05, 4.69) is 22.3 Å². The number of hydrogen-bond donors (Lipinski definition) is 1. The molecule has 2 heterocycles. The molecule has 1 aromatic carbocycles. The van der Waals surface area contributed by atoms with Gasteiger partial charge in [-0.3, -0.25) is 9.59 Å². The van der Waals surface area contributed by atoms with Crippen LogP contribution in [0.25, 0.3) is 17.2 Å². The Kier molecular flexibility index (Phi) is 5.37. The molecule has 0 atom stereocenters. The summed E-state index contributed by atoms with van der Waals surface area (Å²) in [6.45, 7) is 4.53. The van der Waals surface area contributed by atoms with Crippen molar-refractivity contribution in [1.29, 1.82) is 0 Å². The maximum atomic E-state index is 12.3. The highest BCUT2D eigenvalue weighted by Crippen LogP contribution is 2.24. The molecule has 136 valence electrons. The predicted octanol–water partition coefficient (Wildman–Crippen LogP) is 2.44. The smallest absolute Gasteiger partial charge is 0.275 e. The van der Waals surface area contributed by atoms with Crippen molar-refractivity contribution in [2.24, 2.45) is 0 Å². The maximum Gasteiger partial charge on any atom is 0.275 e. The molecule has 0 bridgehead atoms. The number of rotatable bonds is 6. The SMILES string of the molecule is CCCCNC(=O)Cn1c(C)cc(=O)n2nc(-c3ccccc3Cl)nc12. The van der Waals surface area contributed by atoms with Crippen LogP contribution in [-0.4, -0.2) is 31.6 Å². The lowest BCUT2D eigenvalue weighted by Crippen LogP contribution is -2.31. The van der Waals surface area contributed by atoms with Crippen LogP contribution < -0.4 is 10.9 Å². The number of hydrogen-bond acceptors (Lipinski definition) is 4. The highest BCUT2D eigenvalue weighted by Gasteiger charge is 2.16. The van der Waals surface area contributed by atoms with Crippen LogP contribution in [0.1, 0.15) is 25.5 Å². The number of amides is 1. The average Bonchev–Trinajstić information content (AvgIpc) is 3.05. The van der Waals surface area contributed by atoms with Crippen molar-refractivity contribution in [2.45, 2.75) is 33.2 Å². The summed E-state index contributed by atoms with van der Waals surface area (Å²) < 4.78 is 2.88. The van der Waals surface area contributed by atoms with Gasteiger partial charge >= 0.3 is 0 Å². The highest BCUT2D eigenvalue weighted by atomic mass is 35.5. The summed E-state index contributed by atoms with van der Waals surface area (Å²) in [6.07, 6.45) is 1.93. The van der Waals surface area contributed by atoms with Crippen molar-refractivity contribution in [2.75, 3.05) is 6.54 Å². The number of aromatic nitrogens is 4. The van der Waals surface area contributed by atoms with E-state index >= 15 is 0 Å². The van der Waals surface area contributed by atoms with Gasteiger partial charge < -0.3 is 9.88 Å². The van der Waals surface area contributed by atoms with Crippen LogP contribution in [0, 0.1) is 6.92 Å². The van der Waals surface area contributed by atoms with E-state index in [9.17, 15) is 9.59 Å². The molecule has 0 saturated heterocycles. The number of unbranched alkanes of at least 4 members (excludes halogenated alkanes) is 1. The van der Waals surface area contributed by atoms with E-state index in [4.69, 9.17) is 11.6 Å². The van der Waals surface area contributed by atoms with Crippen molar-refractivity contribution in [3.63, 3.8) is 0 Å². The van der Waals surface area contributed by atoms with Crippen molar-refractivity contribution in [3.05, 3.63) is 51.4 Å². The van der Waals surface area contributed by atoms with Gasteiger partial charge in [-0.25, -0.2) is 0 Å². The van der Waals surface area contributed by atoms with Gasteiger partial charge in [0.15, 0.2) is 5.82 Å². The number of carbonyl (C=O) groups excluding carboxylic acids is 1. The van der Waals surface area contributed by atoms with Crippen molar-refractivity contribution in [3.8, 4) is 11.4 Å². The summed E-state index contributed by atoms with van der Waals surface area (Å²) in [5.74, 6) is 0.531. The molecule has 0 aliphatic heterocycles. The van der Waals surface area contributed by atoms with E-state index in [1.165, 1.54) is 10.6 Å². The Hall–Kier alpha value is -2.67. The van der Waals surface area contributed by atoms with Gasteiger partial charge in [-0.1, -0.05) is 37.1 Å². The molecular formula is C18H20ClN5O2. The Morgan fingerprint density at radius 3 is 2.81 bits per heavy atom. The molecule has 2 aromatic heterocycles. The lowest BCUT2D eigenvalue weighted by molar-refractivity contribution is -0.121. The number of aryl methyl sites for hydroxylation is 1. The lowest BCUT2D eigenvalue weighted by Gasteiger charge is -2.11. The molecule has 8 heteroatoms. The van der Waals surface area contributed by atoms with Crippen LogP contribution in [0.3, 0.4) is 0 Å². The standard InChI is InChI=1S/C18H20ClN5O2/c1-3-4-9-20-15(25)11-23-12(2)10-16(26)24-18(23)21-17(22-24)13-7-5-6-8-14(13)19/h5-8,10H,3-4,9,11H2,1-2H3,(H,20,25). The quantitative estimate of drug-likeness (QED) is 0.673. The molecular weight excluding hydrogens is 354 g/mol. The van der Waals surface area contributed by atoms with Crippen LogP contribution in [0.15, 0.2) is 35.1 Å². The van der Waals surface area contributed by atoms with Gasteiger partial charge in [0.05, 0.1) is 5.02 Å². The number of benzene rings is 1. The number of nitrogens with zero attached hydrogens (tertiary/aromatic N) is 4. The van der Waals surface area contributed by atoms with Gasteiger partial charge in [-0.05, 0) is 25.5 Å². The Labute approximate surface area is 155 Å². The Bertz CT molecular complexity index is 1010. The highest BCUT2D eigenvalue weighted by molar-refractivity contribution is 6.33. The summed E-state index contributed by atoms with van der Waals surface area (Å²) in [7, 11) is 0. The first-order chi connectivity index (χ1) is 12.5. The molecule has 0 unspecified atom stereocenters. The second-order valence-electron chi connectivity index (χ2n) is 6.04. The number of fused-ring (bicyclic) bond motifs is 1. The van der Waals surface area contributed by atoms with Crippen LogP contribution >= 0.6 is 11.6 Å². The lowest BCUT2D eigenvalue weighted by atomic mass is 10.2. The van der Waals surface area contributed by atoms with E-state index in [0.29, 0.717) is 34.4 Å². The number of halogens is 1. The van der Waals surface area contributed by atoms with Gasteiger partial charge in [0.25, 0.3) is 5.56 Å². The van der Waals surface area contributed by atoms with E-state index in [0.717, 1.165) is 12.8 Å². The topological polar surface area (TPSA) is 81.3 Å². The zero-order valence-corrected chi connectivity index (χ0v) is 15.5. The number of carbonyl (C=O) groups is 1. The minimum absolute atomic E-state index is 0.0694. The van der Waals surface area contributed by atoms with Crippen LogP contribution in [0.4, 0.5) is 0 Å². The monoisotopic (exact) mass is 373 g/mol. The van der Waals surface area contributed by atoms with E-state index in [-0.39, 0.29) is 18.0 Å². The minimum Gasteiger partial charge on any atom is -0.355 e. The molecule has 26 heavy (non-hydrogen) atoms. The van der Waals surface area contributed by atoms with Gasteiger partial charge in [-0.15, -0.1) is 5.10 Å². The van der Waals surface area contributed by atoms with Crippen LogP contribution in [-0.2, 0) is 11.3 Å². The predicted molar refractivity (Wildman–Crippen MR) is 100 cm³/mol. The molecule has 0 saturated carbocycles.